The SMILES string of the molecule is Cc1cccc(S(=O)(=O)n2ccc(NC(=O)c3ccco3)c2)c1F. The van der Waals surface area contributed by atoms with Gasteiger partial charge in [-0.2, -0.15) is 0 Å². The van der Waals surface area contributed by atoms with Crippen molar-refractivity contribution in [2.45, 2.75) is 11.8 Å². The topological polar surface area (TPSA) is 81.3 Å². The minimum absolute atomic E-state index is 0.0929. The second kappa shape index (κ2) is 5.97. The molecule has 0 unspecified atom stereocenters. The molecule has 1 N–H and O–H groups in total. The van der Waals surface area contributed by atoms with Crippen molar-refractivity contribution in [3.8, 4) is 0 Å². The third-order valence-corrected chi connectivity index (χ3v) is 5.04. The van der Waals surface area contributed by atoms with Gasteiger partial charge in [-0.15, -0.1) is 0 Å². The molecular formula is C16H13FN2O4S. The van der Waals surface area contributed by atoms with Gasteiger partial charge in [-0.25, -0.2) is 16.8 Å². The van der Waals surface area contributed by atoms with Crippen molar-refractivity contribution in [3.63, 3.8) is 0 Å². The maximum Gasteiger partial charge on any atom is 0.291 e. The average Bonchev–Trinajstić information content (AvgIpc) is 3.21. The van der Waals surface area contributed by atoms with Crippen LogP contribution in [0.5, 0.6) is 0 Å². The van der Waals surface area contributed by atoms with E-state index in [1.54, 1.807) is 6.07 Å². The van der Waals surface area contributed by atoms with Crippen LogP contribution >= 0.6 is 0 Å². The van der Waals surface area contributed by atoms with E-state index in [1.807, 2.05) is 0 Å². The molecule has 3 aromatic rings. The first-order valence-electron chi connectivity index (χ1n) is 6.93. The number of hydrogen-bond acceptors (Lipinski definition) is 4. The summed E-state index contributed by atoms with van der Waals surface area (Å²) in [7, 11) is -4.09. The van der Waals surface area contributed by atoms with Crippen LogP contribution in [0.15, 0.2) is 64.4 Å². The van der Waals surface area contributed by atoms with E-state index < -0.39 is 26.6 Å². The van der Waals surface area contributed by atoms with Gasteiger partial charge in [0.05, 0.1) is 12.0 Å². The van der Waals surface area contributed by atoms with Gasteiger partial charge in [0.1, 0.15) is 10.7 Å². The van der Waals surface area contributed by atoms with E-state index in [2.05, 4.69) is 5.32 Å². The van der Waals surface area contributed by atoms with Crippen LogP contribution in [-0.2, 0) is 10.0 Å². The van der Waals surface area contributed by atoms with Crippen LogP contribution in [0, 0.1) is 12.7 Å². The van der Waals surface area contributed by atoms with E-state index in [4.69, 9.17) is 4.42 Å². The lowest BCUT2D eigenvalue weighted by atomic mass is 10.2. The molecule has 6 nitrogen and oxygen atoms in total. The predicted molar refractivity (Wildman–Crippen MR) is 84.8 cm³/mol. The third-order valence-electron chi connectivity index (χ3n) is 3.38. The van der Waals surface area contributed by atoms with Gasteiger partial charge in [-0.1, -0.05) is 12.1 Å². The number of halogens is 1. The monoisotopic (exact) mass is 348 g/mol. The Bertz CT molecular complexity index is 991. The summed E-state index contributed by atoms with van der Waals surface area (Å²) < 4.78 is 45.0. The van der Waals surface area contributed by atoms with E-state index in [1.165, 1.54) is 55.9 Å². The highest BCUT2D eigenvalue weighted by molar-refractivity contribution is 7.90. The summed E-state index contributed by atoms with van der Waals surface area (Å²) in [6.45, 7) is 1.49. The molecule has 0 atom stereocenters. The molecule has 3 rings (SSSR count). The van der Waals surface area contributed by atoms with Crippen LogP contribution in [0.1, 0.15) is 16.1 Å². The Balaban J connectivity index is 1.90. The Morgan fingerprint density at radius 3 is 2.71 bits per heavy atom. The molecule has 0 saturated heterocycles. The molecule has 1 amide bonds. The fraction of sp³-hybridized carbons (Fsp3) is 0.0625. The van der Waals surface area contributed by atoms with Crippen LogP contribution in [-0.4, -0.2) is 18.3 Å². The van der Waals surface area contributed by atoms with Crippen molar-refractivity contribution >= 4 is 21.6 Å². The van der Waals surface area contributed by atoms with Crippen molar-refractivity contribution in [2.24, 2.45) is 0 Å². The van der Waals surface area contributed by atoms with Crippen molar-refractivity contribution in [1.29, 1.82) is 0 Å². The summed E-state index contributed by atoms with van der Waals surface area (Å²) in [4.78, 5) is 11.5. The van der Waals surface area contributed by atoms with Gasteiger partial charge >= 0.3 is 0 Å². The highest BCUT2D eigenvalue weighted by Crippen LogP contribution is 2.22. The first-order chi connectivity index (χ1) is 11.4. The Kier molecular flexibility index (Phi) is 3.98. The van der Waals surface area contributed by atoms with E-state index in [9.17, 15) is 17.6 Å². The zero-order valence-electron chi connectivity index (χ0n) is 12.6. The number of aryl methyl sites for hydroxylation is 1. The number of amides is 1. The van der Waals surface area contributed by atoms with Gasteiger partial charge in [0, 0.05) is 12.4 Å². The van der Waals surface area contributed by atoms with Gasteiger partial charge in [0.2, 0.25) is 0 Å². The molecule has 0 bridgehead atoms. The smallest absolute Gasteiger partial charge is 0.291 e. The van der Waals surface area contributed by atoms with Crippen LogP contribution in [0.25, 0.3) is 0 Å². The fourth-order valence-corrected chi connectivity index (χ4v) is 3.47. The number of furan rings is 1. The fourth-order valence-electron chi connectivity index (χ4n) is 2.13. The van der Waals surface area contributed by atoms with Crippen molar-refractivity contribution in [3.05, 3.63) is 72.2 Å². The number of aromatic nitrogens is 1. The van der Waals surface area contributed by atoms with Crippen LogP contribution < -0.4 is 5.32 Å². The molecule has 24 heavy (non-hydrogen) atoms. The largest absolute Gasteiger partial charge is 0.459 e. The minimum atomic E-state index is -4.09. The Hall–Kier alpha value is -2.87. The molecule has 0 aliphatic rings. The van der Waals surface area contributed by atoms with E-state index >= 15 is 0 Å². The van der Waals surface area contributed by atoms with Gasteiger partial charge in [0.15, 0.2) is 5.76 Å². The van der Waals surface area contributed by atoms with Crippen LogP contribution in [0.4, 0.5) is 10.1 Å². The van der Waals surface area contributed by atoms with Gasteiger partial charge in [-0.05, 0) is 36.8 Å². The van der Waals surface area contributed by atoms with Crippen molar-refractivity contribution < 1.29 is 22.0 Å². The average molecular weight is 348 g/mol. The summed E-state index contributed by atoms with van der Waals surface area (Å²) >= 11 is 0. The normalized spacial score (nSPS) is 11.4. The number of nitrogens with zero attached hydrogens (tertiary/aromatic N) is 1. The molecule has 0 saturated carbocycles. The number of anilines is 1. The standard InChI is InChI=1S/C16H13FN2O4S/c1-11-4-2-6-14(15(11)17)24(21,22)19-8-7-12(10-19)18-16(20)13-5-3-9-23-13/h2-10H,1H3,(H,18,20). The summed E-state index contributed by atoms with van der Waals surface area (Å²) in [5.41, 5.74) is 0.475. The van der Waals surface area contributed by atoms with Crippen LogP contribution in [0.2, 0.25) is 0 Å². The third kappa shape index (κ3) is 2.83. The van der Waals surface area contributed by atoms with Gasteiger partial charge in [0.25, 0.3) is 15.9 Å². The predicted octanol–water partition coefficient (Wildman–Crippen LogP) is 3.02. The zero-order valence-corrected chi connectivity index (χ0v) is 13.4. The lowest BCUT2D eigenvalue weighted by molar-refractivity contribution is 0.0996. The molecule has 0 aliphatic heterocycles. The molecule has 1 aromatic carbocycles. The lowest BCUT2D eigenvalue weighted by Gasteiger charge is -2.08. The minimum Gasteiger partial charge on any atom is -0.459 e. The Morgan fingerprint density at radius 1 is 1.21 bits per heavy atom. The van der Waals surface area contributed by atoms with E-state index in [0.717, 1.165) is 3.97 Å². The molecule has 124 valence electrons. The Morgan fingerprint density at radius 2 is 2.00 bits per heavy atom. The first kappa shape index (κ1) is 16.0. The highest BCUT2D eigenvalue weighted by atomic mass is 32.2. The van der Waals surface area contributed by atoms with Crippen LogP contribution in [0.3, 0.4) is 0 Å². The highest BCUT2D eigenvalue weighted by Gasteiger charge is 2.22. The van der Waals surface area contributed by atoms with Gasteiger partial charge in [-0.3, -0.25) is 4.79 Å². The van der Waals surface area contributed by atoms with E-state index in [-0.39, 0.29) is 17.0 Å². The maximum atomic E-state index is 14.1. The van der Waals surface area contributed by atoms with Crippen molar-refractivity contribution in [2.75, 3.05) is 5.32 Å². The number of nitrogens with one attached hydrogen (secondary N) is 1. The second-order valence-electron chi connectivity index (χ2n) is 5.05. The summed E-state index contributed by atoms with van der Waals surface area (Å²) in [5, 5.41) is 2.50. The number of benzene rings is 1. The quantitative estimate of drug-likeness (QED) is 0.786. The molecule has 0 radical (unpaired) electrons. The second-order valence-corrected chi connectivity index (χ2v) is 6.87. The summed E-state index contributed by atoms with van der Waals surface area (Å²) in [5.74, 6) is -1.22. The molecule has 0 aliphatic carbocycles. The molecular weight excluding hydrogens is 335 g/mol. The van der Waals surface area contributed by atoms with E-state index in [0.29, 0.717) is 0 Å². The number of carbonyl (C=O) groups is 1. The molecule has 2 aromatic heterocycles. The zero-order chi connectivity index (χ0) is 17.3. The molecule has 8 heteroatoms. The van der Waals surface area contributed by atoms with Gasteiger partial charge < -0.3 is 9.73 Å². The lowest BCUT2D eigenvalue weighted by Crippen LogP contribution is -2.14. The Labute approximate surface area is 137 Å². The number of rotatable bonds is 4. The molecule has 0 spiro atoms. The summed E-state index contributed by atoms with van der Waals surface area (Å²) in [6, 6.07) is 8.58. The maximum absolute atomic E-state index is 14.1. The van der Waals surface area contributed by atoms with Crippen molar-refractivity contribution in [1.82, 2.24) is 3.97 Å². The molecule has 0 fully saturated rings. The first-order valence-corrected chi connectivity index (χ1v) is 8.37. The number of hydrogen-bond donors (Lipinski definition) is 1. The number of carbonyl (C=O) groups excluding carboxylic acids is 1. The molecule has 2 heterocycles. The summed E-state index contributed by atoms with van der Waals surface area (Å²) in [6.07, 6.45) is 3.78.